The summed E-state index contributed by atoms with van der Waals surface area (Å²) in [6.45, 7) is 6.50. The number of benzene rings is 1. The van der Waals surface area contributed by atoms with E-state index in [0.717, 1.165) is 19.3 Å². The van der Waals surface area contributed by atoms with Gasteiger partial charge in [0.15, 0.2) is 0 Å². The zero-order chi connectivity index (χ0) is 10.6. The molecule has 0 fully saturated rings. The largest absolute Gasteiger partial charge is 0.237 e. The monoisotopic (exact) mass is 191 g/mol. The fourth-order valence-corrected chi connectivity index (χ4v) is 2.01. The van der Waals surface area contributed by atoms with Crippen molar-refractivity contribution >= 4 is 0 Å². The summed E-state index contributed by atoms with van der Waals surface area (Å²) in [5, 5.41) is 10.3. The molecule has 14 heavy (non-hydrogen) atoms. The number of unbranched alkanes of at least 4 members (excludes halogenated alkanes) is 1. The zero-order valence-electron chi connectivity index (χ0n) is 9.39. The van der Waals surface area contributed by atoms with E-state index in [-0.39, 0.29) is 6.61 Å². The molecule has 0 spiro atoms. The third-order valence-corrected chi connectivity index (χ3v) is 2.66. The van der Waals surface area contributed by atoms with Gasteiger partial charge in [0.25, 0.3) is 0 Å². The van der Waals surface area contributed by atoms with Crippen LogP contribution in [0, 0.1) is 20.8 Å². The summed E-state index contributed by atoms with van der Waals surface area (Å²) in [6, 6.07) is 4.44. The van der Waals surface area contributed by atoms with Crippen molar-refractivity contribution < 1.29 is 5.11 Å². The Bertz CT molecular complexity index is 279. The molecule has 0 aliphatic carbocycles. The van der Waals surface area contributed by atoms with Gasteiger partial charge in [-0.15, -0.1) is 0 Å². The van der Waals surface area contributed by atoms with Crippen molar-refractivity contribution in [3.05, 3.63) is 34.4 Å². The number of hydrogen-bond donors (Lipinski definition) is 0. The molecule has 1 nitrogen and oxygen atoms in total. The van der Waals surface area contributed by atoms with E-state index in [0.29, 0.717) is 0 Å². The second-order valence-corrected chi connectivity index (χ2v) is 4.04. The van der Waals surface area contributed by atoms with E-state index in [2.05, 4.69) is 32.9 Å². The molecular formula is C13H19O. The lowest BCUT2D eigenvalue weighted by atomic mass is 9.96. The van der Waals surface area contributed by atoms with Crippen LogP contribution in [-0.2, 0) is 11.5 Å². The molecular weight excluding hydrogens is 172 g/mol. The summed E-state index contributed by atoms with van der Waals surface area (Å²) in [7, 11) is 0. The highest BCUT2D eigenvalue weighted by molar-refractivity contribution is 5.37. The van der Waals surface area contributed by atoms with E-state index >= 15 is 0 Å². The standard InChI is InChI=1S/C13H19O/c1-10-8-11(2)13(12(3)9-10)6-4-5-7-14/h8-9H,4-7H2,1-3H3. The molecule has 0 amide bonds. The maximum atomic E-state index is 10.3. The zero-order valence-corrected chi connectivity index (χ0v) is 9.39. The van der Waals surface area contributed by atoms with Gasteiger partial charge >= 0.3 is 0 Å². The Morgan fingerprint density at radius 2 is 1.57 bits per heavy atom. The molecule has 0 atom stereocenters. The maximum Gasteiger partial charge on any atom is 0.0822 e. The third kappa shape index (κ3) is 2.85. The minimum Gasteiger partial charge on any atom is -0.237 e. The molecule has 0 N–H and O–H groups in total. The second kappa shape index (κ2) is 5.16. The van der Waals surface area contributed by atoms with E-state index in [4.69, 9.17) is 0 Å². The fourth-order valence-electron chi connectivity index (χ4n) is 2.01. The predicted molar refractivity (Wildman–Crippen MR) is 59.1 cm³/mol. The molecule has 1 radical (unpaired) electrons. The van der Waals surface area contributed by atoms with Crippen molar-refractivity contribution in [1.29, 1.82) is 0 Å². The molecule has 0 saturated carbocycles. The Morgan fingerprint density at radius 1 is 1.00 bits per heavy atom. The first-order valence-electron chi connectivity index (χ1n) is 5.30. The van der Waals surface area contributed by atoms with Gasteiger partial charge in [-0.1, -0.05) is 17.7 Å². The molecule has 0 bridgehead atoms. The normalized spacial score (nSPS) is 10.6. The summed E-state index contributed by atoms with van der Waals surface area (Å²) in [6.07, 6.45) is 2.88. The van der Waals surface area contributed by atoms with Gasteiger partial charge in [-0.2, -0.15) is 0 Å². The van der Waals surface area contributed by atoms with E-state index in [1.165, 1.54) is 22.3 Å². The first-order valence-corrected chi connectivity index (χ1v) is 5.30. The van der Waals surface area contributed by atoms with Crippen molar-refractivity contribution in [3.8, 4) is 0 Å². The van der Waals surface area contributed by atoms with Crippen LogP contribution in [-0.4, -0.2) is 6.61 Å². The Balaban J connectivity index is 2.75. The summed E-state index contributed by atoms with van der Waals surface area (Å²) in [5.41, 5.74) is 5.50. The van der Waals surface area contributed by atoms with Crippen molar-refractivity contribution in [1.82, 2.24) is 0 Å². The number of aryl methyl sites for hydroxylation is 3. The van der Waals surface area contributed by atoms with Crippen molar-refractivity contribution in [2.24, 2.45) is 0 Å². The lowest BCUT2D eigenvalue weighted by Gasteiger charge is -2.10. The van der Waals surface area contributed by atoms with Gasteiger partial charge in [0.05, 0.1) is 6.61 Å². The molecule has 0 aliphatic rings. The SMILES string of the molecule is Cc1cc(C)c(CCCC[O])c(C)c1. The van der Waals surface area contributed by atoms with Gasteiger partial charge < -0.3 is 0 Å². The van der Waals surface area contributed by atoms with Crippen LogP contribution >= 0.6 is 0 Å². The molecule has 1 rings (SSSR count). The van der Waals surface area contributed by atoms with Crippen LogP contribution in [0.3, 0.4) is 0 Å². The van der Waals surface area contributed by atoms with Crippen LogP contribution in [0.2, 0.25) is 0 Å². The van der Waals surface area contributed by atoms with E-state index in [1.54, 1.807) is 0 Å². The highest BCUT2D eigenvalue weighted by Gasteiger charge is 2.03. The highest BCUT2D eigenvalue weighted by atomic mass is 16.2. The predicted octanol–water partition coefficient (Wildman–Crippen LogP) is 3.37. The Labute approximate surface area is 86.8 Å². The molecule has 1 heteroatoms. The third-order valence-electron chi connectivity index (χ3n) is 2.66. The molecule has 0 aliphatic heterocycles. The van der Waals surface area contributed by atoms with Crippen LogP contribution < -0.4 is 0 Å². The molecule has 0 saturated heterocycles. The van der Waals surface area contributed by atoms with E-state index in [9.17, 15) is 5.11 Å². The number of rotatable bonds is 4. The van der Waals surface area contributed by atoms with Gasteiger partial charge in [-0.3, -0.25) is 0 Å². The molecule has 77 valence electrons. The Morgan fingerprint density at radius 3 is 2.07 bits per heavy atom. The molecule has 0 unspecified atom stereocenters. The minimum atomic E-state index is 0.0595. The van der Waals surface area contributed by atoms with Gasteiger partial charge in [0, 0.05) is 0 Å². The quantitative estimate of drug-likeness (QED) is 0.650. The fraction of sp³-hybridized carbons (Fsp3) is 0.538. The first kappa shape index (κ1) is 11.3. The lowest BCUT2D eigenvalue weighted by molar-refractivity contribution is 0.187. The van der Waals surface area contributed by atoms with E-state index < -0.39 is 0 Å². The Kier molecular flexibility index (Phi) is 4.15. The topological polar surface area (TPSA) is 19.9 Å². The number of hydrogen-bond acceptors (Lipinski definition) is 0. The van der Waals surface area contributed by atoms with Gasteiger partial charge in [-0.25, -0.2) is 5.11 Å². The molecule has 0 heterocycles. The smallest absolute Gasteiger partial charge is 0.0822 e. The average molecular weight is 191 g/mol. The van der Waals surface area contributed by atoms with Crippen LogP contribution in [0.4, 0.5) is 0 Å². The Hall–Kier alpha value is -0.820. The first-order chi connectivity index (χ1) is 6.65. The average Bonchev–Trinajstić information content (AvgIpc) is 2.09. The van der Waals surface area contributed by atoms with Gasteiger partial charge in [0.1, 0.15) is 0 Å². The lowest BCUT2D eigenvalue weighted by Crippen LogP contribution is -1.96. The van der Waals surface area contributed by atoms with Crippen LogP contribution in [0.1, 0.15) is 35.1 Å². The van der Waals surface area contributed by atoms with Gasteiger partial charge in [-0.05, 0) is 56.7 Å². The van der Waals surface area contributed by atoms with Crippen molar-refractivity contribution in [3.63, 3.8) is 0 Å². The summed E-state index contributed by atoms with van der Waals surface area (Å²) >= 11 is 0. The van der Waals surface area contributed by atoms with Crippen LogP contribution in [0.5, 0.6) is 0 Å². The van der Waals surface area contributed by atoms with E-state index in [1.807, 2.05) is 0 Å². The summed E-state index contributed by atoms with van der Waals surface area (Å²) in [4.78, 5) is 0. The second-order valence-electron chi connectivity index (χ2n) is 4.04. The van der Waals surface area contributed by atoms with Gasteiger partial charge in [0.2, 0.25) is 0 Å². The van der Waals surface area contributed by atoms with Crippen molar-refractivity contribution in [2.45, 2.75) is 40.0 Å². The summed E-state index contributed by atoms with van der Waals surface area (Å²) < 4.78 is 0. The van der Waals surface area contributed by atoms with Crippen molar-refractivity contribution in [2.75, 3.05) is 6.61 Å². The molecule has 1 aromatic carbocycles. The van der Waals surface area contributed by atoms with Crippen LogP contribution in [0.15, 0.2) is 12.1 Å². The highest BCUT2D eigenvalue weighted by Crippen LogP contribution is 2.18. The summed E-state index contributed by atoms with van der Waals surface area (Å²) in [5.74, 6) is 0. The maximum absolute atomic E-state index is 10.3. The molecule has 0 aromatic heterocycles. The van der Waals surface area contributed by atoms with Crippen LogP contribution in [0.25, 0.3) is 0 Å². The minimum absolute atomic E-state index is 0.0595. The molecule has 1 aromatic rings.